The fourth-order valence-corrected chi connectivity index (χ4v) is 1.17. The second-order valence-electron chi connectivity index (χ2n) is 2.80. The number of nitrogens with two attached hydrogens (primary N) is 2. The first kappa shape index (κ1) is 9.83. The first-order valence-corrected chi connectivity index (χ1v) is 4.12. The van der Waals surface area contributed by atoms with E-state index in [-0.39, 0.29) is 0 Å². The molecule has 4 nitrogen and oxygen atoms in total. The number of rotatable bonds is 4. The zero-order chi connectivity index (χ0) is 9.68. The molecule has 0 fully saturated rings. The first-order chi connectivity index (χ1) is 6.27. The summed E-state index contributed by atoms with van der Waals surface area (Å²) in [5.74, 6) is 5.34. The van der Waals surface area contributed by atoms with Gasteiger partial charge in [0.1, 0.15) is 0 Å². The van der Waals surface area contributed by atoms with Crippen LogP contribution in [0.2, 0.25) is 0 Å². The first-order valence-electron chi connectivity index (χ1n) is 4.12. The molecule has 0 aliphatic rings. The minimum Gasteiger partial charge on any atom is -0.399 e. The SMILES string of the molecule is COCCc1cc(N)ccc1NN. The van der Waals surface area contributed by atoms with Gasteiger partial charge in [-0.25, -0.2) is 0 Å². The molecule has 0 radical (unpaired) electrons. The van der Waals surface area contributed by atoms with E-state index in [2.05, 4.69) is 5.43 Å². The molecule has 0 aliphatic carbocycles. The average Bonchev–Trinajstić information content (AvgIpc) is 2.15. The largest absolute Gasteiger partial charge is 0.399 e. The molecule has 0 aromatic heterocycles. The Bertz CT molecular complexity index is 276. The van der Waals surface area contributed by atoms with Crippen LogP contribution in [0, 0.1) is 0 Å². The van der Waals surface area contributed by atoms with Gasteiger partial charge in [0.15, 0.2) is 0 Å². The maximum absolute atomic E-state index is 5.64. The summed E-state index contributed by atoms with van der Waals surface area (Å²) in [6.07, 6.45) is 0.807. The monoisotopic (exact) mass is 181 g/mol. The molecule has 0 aliphatic heterocycles. The van der Waals surface area contributed by atoms with Crippen molar-refractivity contribution in [3.8, 4) is 0 Å². The molecule has 0 atom stereocenters. The summed E-state index contributed by atoms with van der Waals surface area (Å²) in [6, 6.07) is 5.57. The van der Waals surface area contributed by atoms with E-state index in [1.807, 2.05) is 18.2 Å². The average molecular weight is 181 g/mol. The van der Waals surface area contributed by atoms with Crippen molar-refractivity contribution < 1.29 is 4.74 Å². The van der Waals surface area contributed by atoms with Gasteiger partial charge in [0.05, 0.1) is 12.3 Å². The zero-order valence-electron chi connectivity index (χ0n) is 7.71. The lowest BCUT2D eigenvalue weighted by molar-refractivity contribution is 0.202. The van der Waals surface area contributed by atoms with Gasteiger partial charge in [-0.15, -0.1) is 0 Å². The molecular formula is C9H15N3O. The molecule has 0 amide bonds. The van der Waals surface area contributed by atoms with Crippen molar-refractivity contribution in [3.05, 3.63) is 23.8 Å². The lowest BCUT2D eigenvalue weighted by Gasteiger charge is -2.08. The number of hydrogen-bond donors (Lipinski definition) is 3. The second kappa shape index (κ2) is 4.69. The fraction of sp³-hybridized carbons (Fsp3) is 0.333. The van der Waals surface area contributed by atoms with Crippen LogP contribution >= 0.6 is 0 Å². The number of nitrogen functional groups attached to an aromatic ring is 2. The van der Waals surface area contributed by atoms with Crippen LogP contribution in [0.5, 0.6) is 0 Å². The minimum atomic E-state index is 0.665. The molecule has 13 heavy (non-hydrogen) atoms. The van der Waals surface area contributed by atoms with E-state index in [0.717, 1.165) is 23.4 Å². The molecule has 4 heteroatoms. The van der Waals surface area contributed by atoms with Gasteiger partial charge < -0.3 is 15.9 Å². The predicted molar refractivity (Wildman–Crippen MR) is 54.2 cm³/mol. The molecule has 0 unspecified atom stereocenters. The summed E-state index contributed by atoms with van der Waals surface area (Å²) < 4.78 is 4.98. The van der Waals surface area contributed by atoms with Crippen LogP contribution in [-0.2, 0) is 11.2 Å². The van der Waals surface area contributed by atoms with Crippen LogP contribution in [0.15, 0.2) is 18.2 Å². The summed E-state index contributed by atoms with van der Waals surface area (Å²) in [5.41, 5.74) is 11.0. The highest BCUT2D eigenvalue weighted by molar-refractivity contribution is 5.57. The Kier molecular flexibility index (Phi) is 3.54. The van der Waals surface area contributed by atoms with E-state index in [9.17, 15) is 0 Å². The zero-order valence-corrected chi connectivity index (χ0v) is 7.71. The Morgan fingerprint density at radius 2 is 2.23 bits per heavy atom. The quantitative estimate of drug-likeness (QED) is 0.364. The van der Waals surface area contributed by atoms with E-state index >= 15 is 0 Å². The highest BCUT2D eigenvalue weighted by atomic mass is 16.5. The maximum Gasteiger partial charge on any atom is 0.0519 e. The molecule has 1 aromatic carbocycles. The van der Waals surface area contributed by atoms with Crippen LogP contribution in [0.1, 0.15) is 5.56 Å². The standard InChI is InChI=1S/C9H15N3O/c1-13-5-4-7-6-8(10)2-3-9(7)12-11/h2-3,6,12H,4-5,10-11H2,1H3. The third kappa shape index (κ3) is 2.61. The molecule has 0 saturated heterocycles. The normalized spacial score (nSPS) is 10.0. The molecule has 72 valence electrons. The van der Waals surface area contributed by atoms with E-state index in [1.54, 1.807) is 7.11 Å². The van der Waals surface area contributed by atoms with E-state index in [0.29, 0.717) is 6.61 Å². The molecule has 0 saturated carbocycles. The Hall–Kier alpha value is -1.26. The summed E-state index contributed by atoms with van der Waals surface area (Å²) in [6.45, 7) is 0.665. The smallest absolute Gasteiger partial charge is 0.0519 e. The van der Waals surface area contributed by atoms with E-state index in [1.165, 1.54) is 0 Å². The number of ether oxygens (including phenoxy) is 1. The molecular weight excluding hydrogens is 166 g/mol. The molecule has 0 spiro atoms. The summed E-state index contributed by atoms with van der Waals surface area (Å²) in [5, 5.41) is 0. The van der Waals surface area contributed by atoms with Gasteiger partial charge in [0.2, 0.25) is 0 Å². The Balaban J connectivity index is 2.81. The van der Waals surface area contributed by atoms with Crippen LogP contribution in [0.3, 0.4) is 0 Å². The number of hydrazine groups is 1. The fourth-order valence-electron chi connectivity index (χ4n) is 1.17. The maximum atomic E-state index is 5.64. The van der Waals surface area contributed by atoms with Crippen molar-refractivity contribution in [1.29, 1.82) is 0 Å². The van der Waals surface area contributed by atoms with Crippen LogP contribution in [-0.4, -0.2) is 13.7 Å². The van der Waals surface area contributed by atoms with Gasteiger partial charge in [-0.05, 0) is 30.2 Å². The number of anilines is 2. The van der Waals surface area contributed by atoms with Crippen LogP contribution < -0.4 is 17.0 Å². The third-order valence-electron chi connectivity index (χ3n) is 1.86. The molecule has 0 bridgehead atoms. The van der Waals surface area contributed by atoms with Crippen molar-refractivity contribution in [3.63, 3.8) is 0 Å². The lowest BCUT2D eigenvalue weighted by Crippen LogP contribution is -2.10. The Morgan fingerprint density at radius 3 is 2.85 bits per heavy atom. The minimum absolute atomic E-state index is 0.665. The van der Waals surface area contributed by atoms with Gasteiger partial charge >= 0.3 is 0 Å². The van der Waals surface area contributed by atoms with Gasteiger partial charge in [-0.3, -0.25) is 5.84 Å². The summed E-state index contributed by atoms with van der Waals surface area (Å²) >= 11 is 0. The number of methoxy groups -OCH3 is 1. The molecule has 5 N–H and O–H groups in total. The van der Waals surface area contributed by atoms with Crippen molar-refractivity contribution in [2.45, 2.75) is 6.42 Å². The van der Waals surface area contributed by atoms with Gasteiger partial charge in [-0.1, -0.05) is 0 Å². The lowest BCUT2D eigenvalue weighted by atomic mass is 10.1. The van der Waals surface area contributed by atoms with Gasteiger partial charge in [0.25, 0.3) is 0 Å². The third-order valence-corrected chi connectivity index (χ3v) is 1.86. The van der Waals surface area contributed by atoms with Crippen molar-refractivity contribution in [1.82, 2.24) is 0 Å². The van der Waals surface area contributed by atoms with E-state index < -0.39 is 0 Å². The molecule has 1 rings (SSSR count). The highest BCUT2D eigenvalue weighted by Crippen LogP contribution is 2.18. The van der Waals surface area contributed by atoms with Crippen molar-refractivity contribution in [2.75, 3.05) is 24.9 Å². The Morgan fingerprint density at radius 1 is 1.46 bits per heavy atom. The van der Waals surface area contributed by atoms with Crippen LogP contribution in [0.25, 0.3) is 0 Å². The molecule has 0 heterocycles. The number of benzene rings is 1. The predicted octanol–water partition coefficient (Wildman–Crippen LogP) is 0.743. The summed E-state index contributed by atoms with van der Waals surface area (Å²) in [7, 11) is 1.67. The number of hydrogen-bond acceptors (Lipinski definition) is 4. The topological polar surface area (TPSA) is 73.3 Å². The number of nitrogens with one attached hydrogen (secondary N) is 1. The van der Waals surface area contributed by atoms with Crippen molar-refractivity contribution >= 4 is 11.4 Å². The molecule has 1 aromatic rings. The second-order valence-corrected chi connectivity index (χ2v) is 2.80. The highest BCUT2D eigenvalue weighted by Gasteiger charge is 2.00. The van der Waals surface area contributed by atoms with Crippen LogP contribution in [0.4, 0.5) is 11.4 Å². The van der Waals surface area contributed by atoms with E-state index in [4.69, 9.17) is 16.3 Å². The van der Waals surface area contributed by atoms with Gasteiger partial charge in [0, 0.05) is 12.8 Å². The summed E-state index contributed by atoms with van der Waals surface area (Å²) in [4.78, 5) is 0. The van der Waals surface area contributed by atoms with Crippen molar-refractivity contribution in [2.24, 2.45) is 5.84 Å². The van der Waals surface area contributed by atoms with Gasteiger partial charge in [-0.2, -0.15) is 0 Å². The Labute approximate surface area is 77.8 Å².